The van der Waals surface area contributed by atoms with E-state index in [1.165, 1.54) is 22.7 Å². The largest absolute Gasteiger partial charge is 0.491 e. The topological polar surface area (TPSA) is 71.1 Å². The summed E-state index contributed by atoms with van der Waals surface area (Å²) in [5.74, 6) is 0.0644. The fourth-order valence-corrected chi connectivity index (χ4v) is 4.90. The molecule has 0 aromatic carbocycles. The van der Waals surface area contributed by atoms with Crippen LogP contribution in [0.5, 0.6) is 11.5 Å². The van der Waals surface area contributed by atoms with E-state index >= 15 is 0 Å². The molecular formula is C20H28O6S2. The van der Waals surface area contributed by atoms with Gasteiger partial charge < -0.3 is 18.9 Å². The summed E-state index contributed by atoms with van der Waals surface area (Å²) in [5, 5.41) is 0.674. The normalized spacial score (nSPS) is 10.9. The number of carbonyl (C=O) groups excluding carboxylic acids is 2. The van der Waals surface area contributed by atoms with E-state index in [9.17, 15) is 9.59 Å². The molecule has 2 aromatic rings. The Morgan fingerprint density at radius 2 is 1.18 bits per heavy atom. The summed E-state index contributed by atoms with van der Waals surface area (Å²) >= 11 is 2.54. The lowest BCUT2D eigenvalue weighted by Crippen LogP contribution is -2.08. The number of esters is 2. The molecule has 0 aliphatic carbocycles. The monoisotopic (exact) mass is 428 g/mol. The van der Waals surface area contributed by atoms with Gasteiger partial charge in [0.2, 0.25) is 0 Å². The lowest BCUT2D eigenvalue weighted by molar-refractivity contribution is 0.0519. The average molecular weight is 429 g/mol. The van der Waals surface area contributed by atoms with Crippen molar-refractivity contribution in [1.29, 1.82) is 0 Å². The maximum Gasteiger partial charge on any atom is 0.352 e. The van der Waals surface area contributed by atoms with Crippen LogP contribution in [0.3, 0.4) is 0 Å². The number of unbranched alkanes of at least 4 members (excludes halogenated alkanes) is 2. The van der Waals surface area contributed by atoms with Crippen molar-refractivity contribution in [3.05, 3.63) is 9.75 Å². The first-order chi connectivity index (χ1) is 13.6. The molecule has 2 rings (SSSR count). The highest BCUT2D eigenvalue weighted by Crippen LogP contribution is 2.50. The third-order valence-electron chi connectivity index (χ3n) is 3.87. The van der Waals surface area contributed by atoms with Gasteiger partial charge in [-0.2, -0.15) is 0 Å². The minimum Gasteiger partial charge on any atom is -0.491 e. The Kier molecular flexibility index (Phi) is 9.05. The van der Waals surface area contributed by atoms with Gasteiger partial charge in [-0.25, -0.2) is 9.59 Å². The summed E-state index contributed by atoms with van der Waals surface area (Å²) in [4.78, 5) is 25.7. The number of carbonyl (C=O) groups is 2. The van der Waals surface area contributed by atoms with E-state index in [1.807, 2.05) is 0 Å². The van der Waals surface area contributed by atoms with Gasteiger partial charge in [-0.15, -0.1) is 22.7 Å². The van der Waals surface area contributed by atoms with Crippen LogP contribution in [0.1, 0.15) is 72.7 Å². The second-order valence-electron chi connectivity index (χ2n) is 6.03. The Hall–Kier alpha value is -1.80. The van der Waals surface area contributed by atoms with Crippen molar-refractivity contribution in [3.63, 3.8) is 0 Å². The molecule has 0 aliphatic heterocycles. The first-order valence-corrected chi connectivity index (χ1v) is 11.4. The van der Waals surface area contributed by atoms with Gasteiger partial charge in [0, 0.05) is 0 Å². The zero-order valence-electron chi connectivity index (χ0n) is 16.9. The quantitative estimate of drug-likeness (QED) is 0.320. The van der Waals surface area contributed by atoms with Crippen LogP contribution in [0.25, 0.3) is 9.40 Å². The maximum atomic E-state index is 12.4. The molecule has 28 heavy (non-hydrogen) atoms. The maximum absolute atomic E-state index is 12.4. The summed E-state index contributed by atoms with van der Waals surface area (Å²) in [7, 11) is 0. The van der Waals surface area contributed by atoms with E-state index < -0.39 is 11.9 Å². The Labute approximate surface area is 173 Å². The van der Waals surface area contributed by atoms with Crippen LogP contribution in [-0.4, -0.2) is 38.4 Å². The molecule has 0 amide bonds. The van der Waals surface area contributed by atoms with E-state index in [4.69, 9.17) is 18.9 Å². The Bertz CT molecular complexity index is 731. The van der Waals surface area contributed by atoms with Gasteiger partial charge in [0.25, 0.3) is 0 Å². The van der Waals surface area contributed by atoms with Crippen LogP contribution in [0.2, 0.25) is 0 Å². The van der Waals surface area contributed by atoms with E-state index in [-0.39, 0.29) is 13.2 Å². The van der Waals surface area contributed by atoms with Crippen LogP contribution in [-0.2, 0) is 9.47 Å². The van der Waals surface area contributed by atoms with Crippen molar-refractivity contribution in [2.75, 3.05) is 26.4 Å². The number of thiophene rings is 2. The molecule has 2 heterocycles. The van der Waals surface area contributed by atoms with Gasteiger partial charge in [-0.3, -0.25) is 0 Å². The van der Waals surface area contributed by atoms with Gasteiger partial charge in [0.1, 0.15) is 0 Å². The number of hydrogen-bond acceptors (Lipinski definition) is 8. The summed E-state index contributed by atoms with van der Waals surface area (Å²) in [5.41, 5.74) is 0. The third kappa shape index (κ3) is 5.17. The minimum absolute atomic E-state index is 0.284. The molecule has 0 fully saturated rings. The first kappa shape index (κ1) is 22.5. The number of rotatable bonds is 12. The summed E-state index contributed by atoms with van der Waals surface area (Å²) in [6.45, 7) is 9.21. The molecule has 6 nitrogen and oxygen atoms in total. The summed E-state index contributed by atoms with van der Waals surface area (Å²) in [6, 6.07) is 0. The van der Waals surface area contributed by atoms with Crippen LogP contribution >= 0.6 is 22.7 Å². The highest BCUT2D eigenvalue weighted by atomic mass is 32.2. The number of fused-ring (bicyclic) bond motifs is 1. The summed E-state index contributed by atoms with van der Waals surface area (Å²) in [6.07, 6.45) is 3.67. The Balaban J connectivity index is 2.55. The van der Waals surface area contributed by atoms with Crippen molar-refractivity contribution in [3.8, 4) is 11.5 Å². The fourth-order valence-electron chi connectivity index (χ4n) is 2.49. The van der Waals surface area contributed by atoms with E-state index in [2.05, 4.69) is 13.8 Å². The standard InChI is InChI=1S/C20H28O6S2/c1-5-9-11-25-14-13-15(26-12-10-6-2)17(19(22)24-8-4)28-20(13)27-16(14)18(21)23-7-3/h5-12H2,1-4H3. The smallest absolute Gasteiger partial charge is 0.352 e. The molecule has 2 aromatic heterocycles. The first-order valence-electron chi connectivity index (χ1n) is 9.77. The molecule has 0 unspecified atom stereocenters. The summed E-state index contributed by atoms with van der Waals surface area (Å²) < 4.78 is 23.1. The van der Waals surface area contributed by atoms with E-state index in [0.717, 1.165) is 29.7 Å². The minimum atomic E-state index is -0.417. The Morgan fingerprint density at radius 3 is 1.54 bits per heavy atom. The van der Waals surface area contributed by atoms with Gasteiger partial charge in [0.15, 0.2) is 21.3 Å². The molecule has 0 aliphatic rings. The van der Waals surface area contributed by atoms with Crippen LogP contribution in [0, 0.1) is 0 Å². The fraction of sp³-hybridized carbons (Fsp3) is 0.600. The van der Waals surface area contributed by atoms with Gasteiger partial charge in [0.05, 0.1) is 35.8 Å². The van der Waals surface area contributed by atoms with Crippen LogP contribution in [0.15, 0.2) is 0 Å². The SMILES string of the molecule is CCCCOc1c(C(=O)OCC)sc2sc(C(=O)OCC)c(OCCCC)c12. The molecule has 0 bridgehead atoms. The van der Waals surface area contributed by atoms with Crippen LogP contribution < -0.4 is 9.47 Å². The van der Waals surface area contributed by atoms with Gasteiger partial charge in [-0.05, 0) is 26.7 Å². The van der Waals surface area contributed by atoms with Crippen LogP contribution in [0.4, 0.5) is 0 Å². The van der Waals surface area contributed by atoms with Crippen molar-refractivity contribution < 1.29 is 28.5 Å². The van der Waals surface area contributed by atoms with Gasteiger partial charge in [-0.1, -0.05) is 26.7 Å². The van der Waals surface area contributed by atoms with Crippen molar-refractivity contribution >= 4 is 44.0 Å². The number of hydrogen-bond donors (Lipinski definition) is 0. The molecule has 8 heteroatoms. The molecule has 0 spiro atoms. The lowest BCUT2D eigenvalue weighted by Gasteiger charge is -2.10. The number of ether oxygens (including phenoxy) is 4. The zero-order valence-corrected chi connectivity index (χ0v) is 18.6. The molecule has 0 radical (unpaired) electrons. The second kappa shape index (κ2) is 11.3. The Morgan fingerprint density at radius 1 is 0.750 bits per heavy atom. The van der Waals surface area contributed by atoms with E-state index in [0.29, 0.717) is 39.9 Å². The lowest BCUT2D eigenvalue weighted by atomic mass is 10.2. The molecule has 0 saturated carbocycles. The second-order valence-corrected chi connectivity index (χ2v) is 8.33. The van der Waals surface area contributed by atoms with E-state index in [1.54, 1.807) is 13.8 Å². The predicted molar refractivity (Wildman–Crippen MR) is 112 cm³/mol. The molecule has 0 atom stereocenters. The molecule has 0 saturated heterocycles. The highest BCUT2D eigenvalue weighted by molar-refractivity contribution is 7.40. The third-order valence-corrected chi connectivity index (χ3v) is 6.26. The predicted octanol–water partition coefficient (Wildman–Crippen LogP) is 5.67. The van der Waals surface area contributed by atoms with Crippen molar-refractivity contribution in [2.45, 2.75) is 53.4 Å². The molecule has 156 valence electrons. The van der Waals surface area contributed by atoms with Gasteiger partial charge >= 0.3 is 11.9 Å². The average Bonchev–Trinajstić information content (AvgIpc) is 3.20. The highest BCUT2D eigenvalue weighted by Gasteiger charge is 2.30. The van der Waals surface area contributed by atoms with Crippen molar-refractivity contribution in [1.82, 2.24) is 0 Å². The zero-order chi connectivity index (χ0) is 20.5. The van der Waals surface area contributed by atoms with Crippen molar-refractivity contribution in [2.24, 2.45) is 0 Å². The molecule has 0 N–H and O–H groups in total. The molecular weight excluding hydrogens is 400 g/mol.